The lowest BCUT2D eigenvalue weighted by atomic mass is 10.0. The highest BCUT2D eigenvalue weighted by Crippen LogP contribution is 2.14. The van der Waals surface area contributed by atoms with E-state index in [0.717, 1.165) is 12.8 Å². The van der Waals surface area contributed by atoms with Gasteiger partial charge in [0.25, 0.3) is 0 Å². The lowest BCUT2D eigenvalue weighted by molar-refractivity contribution is -0.145. The quantitative estimate of drug-likeness (QED) is 0.203. The van der Waals surface area contributed by atoms with E-state index in [1.54, 1.807) is 0 Å². The van der Waals surface area contributed by atoms with Gasteiger partial charge < -0.3 is 4.74 Å². The lowest BCUT2D eigenvalue weighted by Crippen LogP contribution is -2.17. The maximum atomic E-state index is 10.9. The number of unbranched alkanes of at least 4 members (excludes halogenated alkanes) is 11. The minimum Gasteiger partial charge on any atom is -0.461 e. The molecule has 0 radical (unpaired) electrons. The van der Waals surface area contributed by atoms with Gasteiger partial charge in [0.2, 0.25) is 0 Å². The third kappa shape index (κ3) is 16.0. The second-order valence-corrected chi connectivity index (χ2v) is 6.37. The van der Waals surface area contributed by atoms with Gasteiger partial charge in [-0.1, -0.05) is 77.6 Å². The second-order valence-electron chi connectivity index (χ2n) is 6.06. The van der Waals surface area contributed by atoms with Crippen LogP contribution in [0.4, 0.5) is 0 Å². The summed E-state index contributed by atoms with van der Waals surface area (Å²) in [6.07, 6.45) is 17.0. The van der Waals surface area contributed by atoms with Gasteiger partial charge >= 0.3 is 5.97 Å². The number of ether oxygens (including phenoxy) is 1. The predicted octanol–water partition coefficient (Wildman–Crippen LogP) is 6.25. The van der Waals surface area contributed by atoms with Crippen LogP contribution in [0, 0.1) is 0 Å². The van der Waals surface area contributed by atoms with E-state index in [1.165, 1.54) is 77.6 Å². The molecule has 3 heteroatoms. The summed E-state index contributed by atoms with van der Waals surface area (Å²) >= 11 is 5.78. The molecule has 0 rings (SSSR count). The Kier molecular flexibility index (Phi) is 16.0. The number of carbonyl (C=O) groups is 1. The fraction of sp³-hybridized carbons (Fsp3) is 0.944. The largest absolute Gasteiger partial charge is 0.461 e. The first kappa shape index (κ1) is 20.8. The first-order valence-electron chi connectivity index (χ1n) is 8.93. The van der Waals surface area contributed by atoms with E-state index < -0.39 is 0 Å². The Balaban J connectivity index is 3.19. The van der Waals surface area contributed by atoms with Crippen molar-refractivity contribution in [1.29, 1.82) is 0 Å². The summed E-state index contributed by atoms with van der Waals surface area (Å²) in [4.78, 5) is 10.9. The molecule has 0 saturated heterocycles. The molecule has 0 N–H and O–H groups in total. The molecule has 1 atom stereocenters. The van der Waals surface area contributed by atoms with E-state index in [2.05, 4.69) is 6.92 Å². The predicted molar refractivity (Wildman–Crippen MR) is 92.0 cm³/mol. The van der Waals surface area contributed by atoms with Crippen LogP contribution in [0.25, 0.3) is 0 Å². The summed E-state index contributed by atoms with van der Waals surface area (Å²) in [5.41, 5.74) is 0. The number of carbonyl (C=O) groups excluding carboxylic acids is 1. The summed E-state index contributed by atoms with van der Waals surface area (Å²) in [7, 11) is 0. The van der Waals surface area contributed by atoms with E-state index in [-0.39, 0.29) is 12.1 Å². The average molecular weight is 319 g/mol. The Bertz CT molecular complexity index is 231. The summed E-state index contributed by atoms with van der Waals surface area (Å²) < 4.78 is 5.13. The van der Waals surface area contributed by atoms with Crippen molar-refractivity contribution in [2.24, 2.45) is 0 Å². The topological polar surface area (TPSA) is 26.3 Å². The Morgan fingerprint density at radius 1 is 0.857 bits per heavy atom. The van der Waals surface area contributed by atoms with Crippen molar-refractivity contribution < 1.29 is 9.53 Å². The number of alkyl halides is 1. The molecule has 2 nitrogen and oxygen atoms in total. The van der Waals surface area contributed by atoms with Gasteiger partial charge in [-0.25, -0.2) is 0 Å². The van der Waals surface area contributed by atoms with E-state index in [1.807, 2.05) is 0 Å². The molecule has 0 bridgehead atoms. The van der Waals surface area contributed by atoms with Crippen molar-refractivity contribution in [1.82, 2.24) is 0 Å². The molecule has 0 aromatic carbocycles. The number of esters is 1. The highest BCUT2D eigenvalue weighted by atomic mass is 35.5. The first-order valence-corrected chi connectivity index (χ1v) is 9.47. The summed E-state index contributed by atoms with van der Waals surface area (Å²) in [6.45, 7) is 3.71. The van der Waals surface area contributed by atoms with Crippen LogP contribution in [0.1, 0.15) is 97.3 Å². The van der Waals surface area contributed by atoms with Crippen LogP contribution in [0.2, 0.25) is 0 Å². The summed E-state index contributed by atoms with van der Waals surface area (Å²) in [5, 5.41) is 0. The van der Waals surface area contributed by atoms with Gasteiger partial charge in [-0.05, 0) is 12.8 Å². The Hall–Kier alpha value is -0.240. The van der Waals surface area contributed by atoms with E-state index in [9.17, 15) is 4.79 Å². The van der Waals surface area contributed by atoms with Crippen molar-refractivity contribution in [2.75, 3.05) is 5.88 Å². The molecule has 0 saturated carbocycles. The van der Waals surface area contributed by atoms with Gasteiger partial charge in [-0.3, -0.25) is 4.79 Å². The van der Waals surface area contributed by atoms with Gasteiger partial charge in [0.15, 0.2) is 0 Å². The van der Waals surface area contributed by atoms with Crippen molar-refractivity contribution in [3.05, 3.63) is 0 Å². The molecule has 0 aliphatic carbocycles. The van der Waals surface area contributed by atoms with E-state index in [0.29, 0.717) is 5.88 Å². The van der Waals surface area contributed by atoms with Crippen LogP contribution in [-0.2, 0) is 9.53 Å². The molecule has 0 aromatic rings. The van der Waals surface area contributed by atoms with Crippen LogP contribution in [0.15, 0.2) is 0 Å². The zero-order valence-electron chi connectivity index (χ0n) is 14.2. The fourth-order valence-electron chi connectivity index (χ4n) is 2.62. The molecule has 21 heavy (non-hydrogen) atoms. The molecule has 0 aromatic heterocycles. The molecular weight excluding hydrogens is 284 g/mol. The van der Waals surface area contributed by atoms with Crippen LogP contribution in [-0.4, -0.2) is 18.0 Å². The van der Waals surface area contributed by atoms with Crippen LogP contribution in [0.5, 0.6) is 0 Å². The lowest BCUT2D eigenvalue weighted by Gasteiger charge is -2.13. The maximum Gasteiger partial charge on any atom is 0.302 e. The highest BCUT2D eigenvalue weighted by molar-refractivity contribution is 6.18. The van der Waals surface area contributed by atoms with Gasteiger partial charge in [0.05, 0.1) is 5.88 Å². The molecule has 0 aliphatic rings. The van der Waals surface area contributed by atoms with Gasteiger partial charge in [-0.2, -0.15) is 0 Å². The Labute approximate surface area is 137 Å². The smallest absolute Gasteiger partial charge is 0.302 e. The SMILES string of the molecule is CCCCCCCCCCCCCCC(CCl)OC(C)=O. The third-order valence-corrected chi connectivity index (χ3v) is 4.23. The molecule has 0 heterocycles. The molecular formula is C18H35ClO2. The maximum absolute atomic E-state index is 10.9. The highest BCUT2D eigenvalue weighted by Gasteiger charge is 2.09. The van der Waals surface area contributed by atoms with Crippen molar-refractivity contribution in [3.8, 4) is 0 Å². The zero-order valence-corrected chi connectivity index (χ0v) is 14.9. The van der Waals surface area contributed by atoms with E-state index >= 15 is 0 Å². The number of rotatable bonds is 15. The van der Waals surface area contributed by atoms with Gasteiger partial charge in [0.1, 0.15) is 6.10 Å². The third-order valence-electron chi connectivity index (χ3n) is 3.88. The summed E-state index contributed by atoms with van der Waals surface area (Å²) in [5.74, 6) is 0.192. The number of hydrogen-bond donors (Lipinski definition) is 0. The molecule has 0 spiro atoms. The van der Waals surface area contributed by atoms with Crippen LogP contribution >= 0.6 is 11.6 Å². The number of hydrogen-bond acceptors (Lipinski definition) is 2. The molecule has 0 fully saturated rings. The van der Waals surface area contributed by atoms with Gasteiger partial charge in [0, 0.05) is 6.92 Å². The first-order chi connectivity index (χ1) is 10.2. The van der Waals surface area contributed by atoms with Crippen LogP contribution in [0.3, 0.4) is 0 Å². The van der Waals surface area contributed by atoms with Crippen molar-refractivity contribution >= 4 is 17.6 Å². The van der Waals surface area contributed by atoms with Crippen LogP contribution < -0.4 is 0 Å². The van der Waals surface area contributed by atoms with Gasteiger partial charge in [-0.15, -0.1) is 11.6 Å². The minimum atomic E-state index is -0.223. The summed E-state index contributed by atoms with van der Waals surface area (Å²) in [6, 6.07) is 0. The molecule has 0 aliphatic heterocycles. The average Bonchev–Trinajstić information content (AvgIpc) is 2.46. The standard InChI is InChI=1S/C18H35ClO2/c1-3-4-5-6-7-8-9-10-11-12-13-14-15-18(16-19)21-17(2)20/h18H,3-16H2,1-2H3. The zero-order chi connectivity index (χ0) is 15.8. The fourth-order valence-corrected chi connectivity index (χ4v) is 2.83. The minimum absolute atomic E-state index is 0.0905. The number of halogens is 1. The molecule has 126 valence electrons. The molecule has 1 unspecified atom stereocenters. The normalized spacial score (nSPS) is 12.3. The Morgan fingerprint density at radius 2 is 1.29 bits per heavy atom. The monoisotopic (exact) mass is 318 g/mol. The van der Waals surface area contributed by atoms with Crippen molar-refractivity contribution in [2.45, 2.75) is 103 Å². The second kappa shape index (κ2) is 16.1. The van der Waals surface area contributed by atoms with E-state index in [4.69, 9.17) is 16.3 Å². The molecule has 0 amide bonds. The van der Waals surface area contributed by atoms with Crippen molar-refractivity contribution in [3.63, 3.8) is 0 Å². The Morgan fingerprint density at radius 3 is 1.67 bits per heavy atom.